The minimum absolute atomic E-state index is 0.0418. The minimum atomic E-state index is -0.760. The largest absolute Gasteiger partial charge is 0.507 e. The summed E-state index contributed by atoms with van der Waals surface area (Å²) in [6.45, 7) is 6.48. The molecule has 0 bridgehead atoms. The number of aliphatic hydroxyl groups is 1. The highest BCUT2D eigenvalue weighted by Crippen LogP contribution is 2.44. The van der Waals surface area contributed by atoms with Gasteiger partial charge in [0.2, 0.25) is 0 Å². The lowest BCUT2D eigenvalue weighted by molar-refractivity contribution is -0.132. The molecule has 170 valence electrons. The quantitative estimate of drug-likeness (QED) is 0.252. The lowest BCUT2D eigenvalue weighted by Gasteiger charge is -2.24. The Hall–Kier alpha value is -3.09. The van der Waals surface area contributed by atoms with Crippen LogP contribution in [0, 0.1) is 12.8 Å². The summed E-state index contributed by atoms with van der Waals surface area (Å²) >= 11 is 7.73. The number of benzene rings is 2. The normalized spacial score (nSPS) is 17.7. The number of hydrogen-bond acceptors (Lipinski definition) is 5. The number of aliphatic hydroxyl groups excluding tert-OH is 1. The molecular weight excluding hydrogens is 458 g/mol. The fraction of sp³-hybridized carbons (Fsp3) is 0.231. The molecule has 0 saturated carbocycles. The van der Waals surface area contributed by atoms with E-state index in [0.717, 1.165) is 10.4 Å². The number of ketones is 1. The molecular formula is C26H24ClNO4S. The van der Waals surface area contributed by atoms with E-state index >= 15 is 0 Å². The number of amides is 1. The van der Waals surface area contributed by atoms with Crippen LogP contribution in [0.25, 0.3) is 5.76 Å². The van der Waals surface area contributed by atoms with Gasteiger partial charge in [0, 0.05) is 21.2 Å². The van der Waals surface area contributed by atoms with Crippen molar-refractivity contribution in [2.45, 2.75) is 26.8 Å². The van der Waals surface area contributed by atoms with Gasteiger partial charge < -0.3 is 9.84 Å². The second-order valence-corrected chi connectivity index (χ2v) is 9.74. The van der Waals surface area contributed by atoms with Crippen molar-refractivity contribution in [3.8, 4) is 5.75 Å². The highest BCUT2D eigenvalue weighted by Gasteiger charge is 2.47. The summed E-state index contributed by atoms with van der Waals surface area (Å²) < 4.78 is 5.77. The van der Waals surface area contributed by atoms with Gasteiger partial charge >= 0.3 is 0 Å². The molecule has 1 atom stereocenters. The minimum Gasteiger partial charge on any atom is -0.507 e. The fourth-order valence-corrected chi connectivity index (χ4v) is 4.70. The Balaban J connectivity index is 1.83. The Morgan fingerprint density at radius 2 is 1.94 bits per heavy atom. The Kier molecular flexibility index (Phi) is 6.58. The van der Waals surface area contributed by atoms with E-state index in [9.17, 15) is 14.7 Å². The lowest BCUT2D eigenvalue weighted by atomic mass is 9.99. The SMILES string of the molecule is Cc1ccc(N2C(=O)C(=O)/C(=C(\O)c3cccc(OCC(C)C)c3)C2c2cccs2)cc1Cl. The van der Waals surface area contributed by atoms with Crippen molar-refractivity contribution >= 4 is 46.1 Å². The highest BCUT2D eigenvalue weighted by atomic mass is 35.5. The van der Waals surface area contributed by atoms with E-state index in [1.807, 2.05) is 38.3 Å². The van der Waals surface area contributed by atoms with E-state index in [4.69, 9.17) is 16.3 Å². The van der Waals surface area contributed by atoms with Gasteiger partial charge in [-0.2, -0.15) is 0 Å². The van der Waals surface area contributed by atoms with Gasteiger partial charge in [0.05, 0.1) is 12.2 Å². The molecule has 7 heteroatoms. The van der Waals surface area contributed by atoms with E-state index in [0.29, 0.717) is 34.5 Å². The number of rotatable bonds is 6. The number of anilines is 1. The number of aryl methyl sites for hydroxylation is 1. The first-order valence-corrected chi connectivity index (χ1v) is 11.9. The highest BCUT2D eigenvalue weighted by molar-refractivity contribution is 7.10. The number of nitrogens with zero attached hydrogens (tertiary/aromatic N) is 1. The third-order valence-electron chi connectivity index (χ3n) is 5.38. The van der Waals surface area contributed by atoms with Gasteiger partial charge in [-0.25, -0.2) is 0 Å². The number of hydrogen-bond donors (Lipinski definition) is 1. The molecule has 0 spiro atoms. The third-order valence-corrected chi connectivity index (χ3v) is 6.71. The maximum atomic E-state index is 13.2. The van der Waals surface area contributed by atoms with Crippen molar-refractivity contribution < 1.29 is 19.4 Å². The Morgan fingerprint density at radius 3 is 2.61 bits per heavy atom. The number of carbonyl (C=O) groups excluding carboxylic acids is 2. The number of carbonyl (C=O) groups is 2. The molecule has 1 unspecified atom stereocenters. The fourth-order valence-electron chi connectivity index (χ4n) is 3.70. The molecule has 1 saturated heterocycles. The molecule has 0 aliphatic carbocycles. The summed E-state index contributed by atoms with van der Waals surface area (Å²) in [4.78, 5) is 28.5. The third kappa shape index (κ3) is 4.54. The summed E-state index contributed by atoms with van der Waals surface area (Å²) in [6.07, 6.45) is 0. The number of ether oxygens (including phenoxy) is 1. The topological polar surface area (TPSA) is 66.8 Å². The Labute approximate surface area is 201 Å². The van der Waals surface area contributed by atoms with Crippen molar-refractivity contribution in [1.29, 1.82) is 0 Å². The van der Waals surface area contributed by atoms with Crippen molar-refractivity contribution in [3.05, 3.63) is 86.6 Å². The lowest BCUT2D eigenvalue weighted by Crippen LogP contribution is -2.29. The van der Waals surface area contributed by atoms with Gasteiger partial charge in [0.1, 0.15) is 17.6 Å². The second kappa shape index (κ2) is 9.41. The van der Waals surface area contributed by atoms with Gasteiger partial charge in [-0.15, -0.1) is 11.3 Å². The molecule has 1 aromatic heterocycles. The summed E-state index contributed by atoms with van der Waals surface area (Å²) in [5.74, 6) is -0.756. The number of halogens is 1. The summed E-state index contributed by atoms with van der Waals surface area (Å²) in [5.41, 5.74) is 1.82. The smallest absolute Gasteiger partial charge is 0.300 e. The van der Waals surface area contributed by atoms with Crippen LogP contribution in [0.15, 0.2) is 65.6 Å². The molecule has 2 heterocycles. The first-order valence-electron chi connectivity index (χ1n) is 10.6. The number of thiophene rings is 1. The maximum Gasteiger partial charge on any atom is 0.300 e. The first kappa shape index (κ1) is 23.1. The van der Waals surface area contributed by atoms with E-state index < -0.39 is 17.7 Å². The molecule has 0 radical (unpaired) electrons. The summed E-state index contributed by atoms with van der Waals surface area (Å²) in [7, 11) is 0. The molecule has 2 aromatic carbocycles. The molecule has 1 fully saturated rings. The molecule has 4 rings (SSSR count). The molecule has 5 nitrogen and oxygen atoms in total. The summed E-state index contributed by atoms with van der Waals surface area (Å²) in [5, 5.41) is 13.6. The van der Waals surface area contributed by atoms with Crippen molar-refractivity contribution in [1.82, 2.24) is 0 Å². The van der Waals surface area contributed by atoms with Gasteiger partial charge in [0.15, 0.2) is 0 Å². The van der Waals surface area contributed by atoms with E-state index in [2.05, 4.69) is 0 Å². The standard InChI is InChI=1S/C26H24ClNO4S/c1-15(2)14-32-19-7-4-6-17(12-19)24(29)22-23(21-8-5-11-33-21)28(26(31)25(22)30)18-10-9-16(3)20(27)13-18/h4-13,15,23,29H,14H2,1-3H3/b24-22-. The summed E-state index contributed by atoms with van der Waals surface area (Å²) in [6, 6.07) is 15.1. The van der Waals surface area contributed by atoms with Gasteiger partial charge in [-0.3, -0.25) is 14.5 Å². The van der Waals surface area contributed by atoms with Crippen LogP contribution in [-0.4, -0.2) is 23.4 Å². The van der Waals surface area contributed by atoms with Gasteiger partial charge in [-0.05, 0) is 54.1 Å². The zero-order valence-corrected chi connectivity index (χ0v) is 20.1. The predicted molar refractivity (Wildman–Crippen MR) is 132 cm³/mol. The van der Waals surface area contributed by atoms with Crippen molar-refractivity contribution in [3.63, 3.8) is 0 Å². The second-order valence-electron chi connectivity index (χ2n) is 8.35. The Bertz CT molecular complexity index is 1230. The molecule has 1 N–H and O–H groups in total. The van der Waals surface area contributed by atoms with Crippen molar-refractivity contribution in [2.75, 3.05) is 11.5 Å². The monoisotopic (exact) mass is 481 g/mol. The van der Waals surface area contributed by atoms with E-state index in [1.54, 1.807) is 42.5 Å². The average molecular weight is 482 g/mol. The van der Waals surface area contributed by atoms with Crippen LogP contribution in [0.3, 0.4) is 0 Å². The van der Waals surface area contributed by atoms with Crippen LogP contribution in [-0.2, 0) is 9.59 Å². The van der Waals surface area contributed by atoms with Crippen LogP contribution in [0.2, 0.25) is 5.02 Å². The van der Waals surface area contributed by atoms with E-state index in [-0.39, 0.29) is 11.3 Å². The Morgan fingerprint density at radius 1 is 1.15 bits per heavy atom. The van der Waals surface area contributed by atoms with Crippen LogP contribution in [0.1, 0.15) is 35.9 Å². The zero-order chi connectivity index (χ0) is 23.7. The van der Waals surface area contributed by atoms with Crippen molar-refractivity contribution in [2.24, 2.45) is 5.92 Å². The molecule has 3 aromatic rings. The average Bonchev–Trinajstić information content (AvgIpc) is 3.41. The van der Waals surface area contributed by atoms with Crippen LogP contribution in [0.5, 0.6) is 5.75 Å². The van der Waals surface area contributed by atoms with E-state index in [1.165, 1.54) is 16.2 Å². The van der Waals surface area contributed by atoms with Gasteiger partial charge in [-0.1, -0.05) is 49.7 Å². The first-order chi connectivity index (χ1) is 15.8. The molecule has 1 amide bonds. The zero-order valence-electron chi connectivity index (χ0n) is 18.5. The molecule has 1 aliphatic rings. The maximum absolute atomic E-state index is 13.2. The van der Waals surface area contributed by atoms with Crippen LogP contribution >= 0.6 is 22.9 Å². The predicted octanol–water partition coefficient (Wildman–Crippen LogP) is 6.37. The van der Waals surface area contributed by atoms with Crippen LogP contribution < -0.4 is 9.64 Å². The van der Waals surface area contributed by atoms with Gasteiger partial charge in [0.25, 0.3) is 11.7 Å². The number of Topliss-reactive ketones (excluding diaryl/α,β-unsaturated/α-hetero) is 1. The van der Waals surface area contributed by atoms with Crippen LogP contribution in [0.4, 0.5) is 5.69 Å². The molecule has 33 heavy (non-hydrogen) atoms. The molecule has 1 aliphatic heterocycles.